The number of aromatic amines is 1. The summed E-state index contributed by atoms with van der Waals surface area (Å²) in [6.07, 6.45) is 3.80. The zero-order chi connectivity index (χ0) is 30.5. The zero-order valence-electron chi connectivity index (χ0n) is 24.8. The van der Waals surface area contributed by atoms with Gasteiger partial charge in [0.2, 0.25) is 23.0 Å². The van der Waals surface area contributed by atoms with E-state index in [2.05, 4.69) is 20.9 Å². The molecule has 4 N–H and O–H groups in total. The predicted octanol–water partition coefficient (Wildman–Crippen LogP) is 4.12. The SMILES string of the molecule is COc1cc2c(c(OC)c1OC)-c1ccc(NCC(=O)NCCc3c[nH]c4ccccc34)c(=O)cc1[C@H](NC(C)=O)CC2. The Labute approximate surface area is 249 Å². The Morgan fingerprint density at radius 3 is 2.53 bits per heavy atom. The van der Waals surface area contributed by atoms with Crippen LogP contribution in [0.5, 0.6) is 17.2 Å². The van der Waals surface area contributed by atoms with Crippen molar-refractivity contribution in [2.24, 2.45) is 0 Å². The van der Waals surface area contributed by atoms with E-state index in [0.717, 1.165) is 33.2 Å². The third-order valence-corrected chi connectivity index (χ3v) is 7.75. The molecule has 3 aromatic carbocycles. The van der Waals surface area contributed by atoms with E-state index in [1.54, 1.807) is 27.4 Å². The van der Waals surface area contributed by atoms with Crippen LogP contribution in [0.4, 0.5) is 5.69 Å². The first kappa shape index (κ1) is 29.5. The van der Waals surface area contributed by atoms with E-state index in [9.17, 15) is 14.4 Å². The molecular formula is C33H36N4O6. The summed E-state index contributed by atoms with van der Waals surface area (Å²) in [5, 5.41) is 10.0. The van der Waals surface area contributed by atoms with Crippen LogP contribution in [0.2, 0.25) is 0 Å². The van der Waals surface area contributed by atoms with Crippen molar-refractivity contribution in [3.8, 4) is 28.4 Å². The number of para-hydroxylation sites is 1. The lowest BCUT2D eigenvalue weighted by Crippen LogP contribution is -2.32. The van der Waals surface area contributed by atoms with Gasteiger partial charge in [0.05, 0.1) is 39.6 Å². The molecule has 5 rings (SSSR count). The van der Waals surface area contributed by atoms with Gasteiger partial charge in [-0.1, -0.05) is 24.3 Å². The first-order valence-electron chi connectivity index (χ1n) is 14.2. The van der Waals surface area contributed by atoms with Crippen molar-refractivity contribution in [2.45, 2.75) is 32.2 Å². The van der Waals surface area contributed by atoms with E-state index in [4.69, 9.17) is 14.2 Å². The topological polar surface area (TPSA) is 131 Å². The number of hydrogen-bond acceptors (Lipinski definition) is 7. The highest BCUT2D eigenvalue weighted by atomic mass is 16.5. The smallest absolute Gasteiger partial charge is 0.239 e. The molecule has 1 atom stereocenters. The molecule has 0 radical (unpaired) electrons. The lowest BCUT2D eigenvalue weighted by Gasteiger charge is -2.19. The minimum absolute atomic E-state index is 0.0716. The largest absolute Gasteiger partial charge is 0.493 e. The molecule has 0 fully saturated rings. The van der Waals surface area contributed by atoms with Gasteiger partial charge >= 0.3 is 0 Å². The molecule has 0 saturated heterocycles. The lowest BCUT2D eigenvalue weighted by molar-refractivity contribution is -0.120. The van der Waals surface area contributed by atoms with Crippen LogP contribution in [0.25, 0.3) is 22.0 Å². The molecule has 0 spiro atoms. The van der Waals surface area contributed by atoms with Crippen molar-refractivity contribution >= 4 is 28.4 Å². The second kappa shape index (κ2) is 12.9. The average Bonchev–Trinajstić information content (AvgIpc) is 3.27. The number of fused-ring (bicyclic) bond motifs is 4. The van der Waals surface area contributed by atoms with Crippen LogP contribution < -0.4 is 35.6 Å². The number of anilines is 1. The van der Waals surface area contributed by atoms with E-state index < -0.39 is 6.04 Å². The quantitative estimate of drug-likeness (QED) is 0.221. The molecule has 0 aliphatic heterocycles. The summed E-state index contributed by atoms with van der Waals surface area (Å²) in [4.78, 5) is 41.5. The van der Waals surface area contributed by atoms with Crippen LogP contribution in [0, 0.1) is 0 Å². The van der Waals surface area contributed by atoms with Crippen molar-refractivity contribution in [3.05, 3.63) is 81.6 Å². The fraction of sp³-hybridized carbons (Fsp3) is 0.303. The molecule has 1 aliphatic carbocycles. The maximum Gasteiger partial charge on any atom is 0.239 e. The molecule has 2 amide bonds. The van der Waals surface area contributed by atoms with E-state index >= 15 is 0 Å². The zero-order valence-corrected chi connectivity index (χ0v) is 24.8. The molecule has 1 aliphatic rings. The number of carbonyl (C=O) groups is 2. The maximum absolute atomic E-state index is 13.4. The molecule has 10 heteroatoms. The van der Waals surface area contributed by atoms with Crippen molar-refractivity contribution < 1.29 is 23.8 Å². The molecule has 43 heavy (non-hydrogen) atoms. The predicted molar refractivity (Wildman–Crippen MR) is 166 cm³/mol. The number of rotatable bonds is 10. The van der Waals surface area contributed by atoms with Gasteiger partial charge in [0.15, 0.2) is 11.5 Å². The summed E-state index contributed by atoms with van der Waals surface area (Å²) >= 11 is 0. The highest BCUT2D eigenvalue weighted by Gasteiger charge is 2.29. The van der Waals surface area contributed by atoms with Crippen LogP contribution in [-0.2, 0) is 22.4 Å². The van der Waals surface area contributed by atoms with Gasteiger partial charge in [0.1, 0.15) is 0 Å². The Morgan fingerprint density at radius 1 is 1.00 bits per heavy atom. The fourth-order valence-corrected chi connectivity index (χ4v) is 5.77. The summed E-state index contributed by atoms with van der Waals surface area (Å²) in [5.41, 5.74) is 5.22. The number of nitrogens with one attached hydrogen (secondary N) is 4. The van der Waals surface area contributed by atoms with Crippen molar-refractivity contribution in [1.82, 2.24) is 15.6 Å². The third-order valence-electron chi connectivity index (χ3n) is 7.75. The molecule has 224 valence electrons. The number of aryl methyl sites for hydroxylation is 1. The maximum atomic E-state index is 13.4. The second-order valence-corrected chi connectivity index (χ2v) is 10.4. The number of ether oxygens (including phenoxy) is 3. The molecule has 4 aromatic rings. The van der Waals surface area contributed by atoms with Crippen molar-refractivity contribution in [2.75, 3.05) is 39.7 Å². The second-order valence-electron chi connectivity index (χ2n) is 10.4. The summed E-state index contributed by atoms with van der Waals surface area (Å²) in [7, 11) is 4.66. The minimum Gasteiger partial charge on any atom is -0.493 e. The highest BCUT2D eigenvalue weighted by molar-refractivity contribution is 5.85. The lowest BCUT2D eigenvalue weighted by atomic mass is 9.95. The molecule has 1 heterocycles. The molecular weight excluding hydrogens is 548 g/mol. The van der Waals surface area contributed by atoms with Crippen LogP contribution in [0.1, 0.15) is 36.1 Å². The van der Waals surface area contributed by atoms with E-state index in [1.807, 2.05) is 42.6 Å². The summed E-state index contributed by atoms with van der Waals surface area (Å²) in [6, 6.07) is 14.5. The number of aromatic nitrogens is 1. The first-order chi connectivity index (χ1) is 20.8. The van der Waals surface area contributed by atoms with Crippen molar-refractivity contribution in [3.63, 3.8) is 0 Å². The van der Waals surface area contributed by atoms with E-state index in [1.165, 1.54) is 13.0 Å². The van der Waals surface area contributed by atoms with Crippen LogP contribution in [0.3, 0.4) is 0 Å². The van der Waals surface area contributed by atoms with Gasteiger partial charge < -0.3 is 35.1 Å². The molecule has 0 saturated carbocycles. The number of carbonyl (C=O) groups excluding carboxylic acids is 2. The minimum atomic E-state index is -0.414. The van der Waals surface area contributed by atoms with Gasteiger partial charge in [-0.15, -0.1) is 0 Å². The Balaban J connectivity index is 1.41. The van der Waals surface area contributed by atoms with Gasteiger partial charge in [0, 0.05) is 36.1 Å². The summed E-state index contributed by atoms with van der Waals surface area (Å²) in [5.74, 6) is 1.01. The van der Waals surface area contributed by atoms with Gasteiger partial charge in [0.25, 0.3) is 0 Å². The Bertz CT molecular complexity index is 1730. The summed E-state index contributed by atoms with van der Waals surface area (Å²) in [6.45, 7) is 1.84. The van der Waals surface area contributed by atoms with Crippen molar-refractivity contribution in [1.29, 1.82) is 0 Å². The number of amides is 2. The first-order valence-corrected chi connectivity index (χ1v) is 14.2. The Kier molecular flexibility index (Phi) is 8.85. The van der Waals surface area contributed by atoms with E-state index in [0.29, 0.717) is 48.6 Å². The molecule has 0 unspecified atom stereocenters. The standard InChI is InChI=1S/C33H36N4O6/c1-19(38)37-26-11-9-20-15-29(41-2)32(42-3)33(43-4)31(20)23-10-12-27(28(39)16-24(23)26)36-18-30(40)34-14-13-21-17-35-25-8-6-5-7-22(21)25/h5-8,10,12,15-17,26,35H,9,11,13-14,18H2,1-4H3,(H,34,40)(H,36,39)(H,37,38)/t26-/m1/s1. The van der Waals surface area contributed by atoms with Crippen LogP contribution in [-0.4, -0.2) is 51.2 Å². The van der Waals surface area contributed by atoms with Crippen LogP contribution >= 0.6 is 0 Å². The van der Waals surface area contributed by atoms with Crippen LogP contribution in [0.15, 0.2) is 59.5 Å². The Hall–Kier alpha value is -4.99. The third kappa shape index (κ3) is 6.13. The number of benzene rings is 2. The molecule has 10 nitrogen and oxygen atoms in total. The molecule has 0 bridgehead atoms. The normalized spacial score (nSPS) is 13.7. The average molecular weight is 585 g/mol. The van der Waals surface area contributed by atoms with E-state index in [-0.39, 0.29) is 29.5 Å². The summed E-state index contributed by atoms with van der Waals surface area (Å²) < 4.78 is 17.0. The molecule has 1 aromatic heterocycles. The number of H-pyrrole nitrogens is 1. The number of methoxy groups -OCH3 is 3. The fourth-order valence-electron chi connectivity index (χ4n) is 5.77. The highest BCUT2D eigenvalue weighted by Crippen LogP contribution is 2.50. The Morgan fingerprint density at radius 2 is 1.79 bits per heavy atom. The van der Waals surface area contributed by atoms with Gasteiger partial charge in [-0.2, -0.15) is 0 Å². The van der Waals surface area contributed by atoms with Gasteiger partial charge in [-0.3, -0.25) is 14.4 Å². The van der Waals surface area contributed by atoms with Gasteiger partial charge in [-0.05, 0) is 65.8 Å². The number of hydrogen-bond donors (Lipinski definition) is 4. The monoisotopic (exact) mass is 584 g/mol. The van der Waals surface area contributed by atoms with Gasteiger partial charge in [-0.25, -0.2) is 0 Å².